The lowest BCUT2D eigenvalue weighted by molar-refractivity contribution is -0.915. The van der Waals surface area contributed by atoms with E-state index < -0.39 is 0 Å². The molecule has 0 radical (unpaired) electrons. The van der Waals surface area contributed by atoms with Crippen LogP contribution in [0, 0.1) is 0 Å². The molecule has 4 rings (SSSR count). The van der Waals surface area contributed by atoms with Crippen molar-refractivity contribution >= 4 is 23.2 Å². The van der Waals surface area contributed by atoms with Crippen molar-refractivity contribution in [3.05, 3.63) is 48.5 Å². The van der Waals surface area contributed by atoms with Crippen LogP contribution in [0.1, 0.15) is 19.8 Å². The quantitative estimate of drug-likeness (QED) is 0.701. The number of phenols is 1. The molecule has 30 heavy (non-hydrogen) atoms. The van der Waals surface area contributed by atoms with E-state index in [-0.39, 0.29) is 30.0 Å². The summed E-state index contributed by atoms with van der Waals surface area (Å²) >= 11 is 0. The molecule has 0 spiro atoms. The third-order valence-electron chi connectivity index (χ3n) is 5.84. The number of hydrogen-bond donors (Lipinski definition) is 2. The van der Waals surface area contributed by atoms with Crippen LogP contribution in [0.2, 0.25) is 0 Å². The molecule has 0 aliphatic carbocycles. The first-order chi connectivity index (χ1) is 14.6. The Morgan fingerprint density at radius 1 is 1.07 bits per heavy atom. The number of quaternary nitrogens is 1. The summed E-state index contributed by atoms with van der Waals surface area (Å²) in [5.74, 6) is 0.726. The number of para-hydroxylation sites is 2. The molecule has 2 aliphatic rings. The second kappa shape index (κ2) is 8.75. The molecule has 2 fully saturated rings. The molecule has 2 saturated heterocycles. The maximum Gasteiger partial charge on any atom is 0.292 e. The van der Waals surface area contributed by atoms with Gasteiger partial charge in [0, 0.05) is 0 Å². The van der Waals surface area contributed by atoms with Gasteiger partial charge in [-0.1, -0.05) is 19.1 Å². The molecule has 2 aromatic rings. The van der Waals surface area contributed by atoms with Gasteiger partial charge < -0.3 is 19.6 Å². The monoisotopic (exact) mass is 410 g/mol. The minimum Gasteiger partial charge on any atom is -0.506 e. The van der Waals surface area contributed by atoms with Crippen molar-refractivity contribution in [1.29, 1.82) is 0 Å². The Bertz CT molecular complexity index is 907. The number of nitrogens with one attached hydrogen (secondary N) is 1. The van der Waals surface area contributed by atoms with Gasteiger partial charge in [-0.05, 0) is 42.8 Å². The first-order valence-electron chi connectivity index (χ1n) is 10.6. The van der Waals surface area contributed by atoms with E-state index in [0.29, 0.717) is 12.3 Å². The molecule has 2 heterocycles. The van der Waals surface area contributed by atoms with Gasteiger partial charge in [-0.2, -0.15) is 0 Å². The lowest BCUT2D eigenvalue weighted by Gasteiger charge is -2.35. The maximum atomic E-state index is 13.1. The van der Waals surface area contributed by atoms with Crippen LogP contribution in [0.4, 0.5) is 11.4 Å². The number of carbonyl (C=O) groups excluding carboxylic acids is 2. The fraction of sp³-hybridized carbons (Fsp3) is 0.391. The largest absolute Gasteiger partial charge is 0.506 e. The summed E-state index contributed by atoms with van der Waals surface area (Å²) in [6.45, 7) is 5.63. The van der Waals surface area contributed by atoms with Crippen molar-refractivity contribution in [1.82, 2.24) is 0 Å². The highest BCUT2D eigenvalue weighted by Crippen LogP contribution is 2.27. The van der Waals surface area contributed by atoms with Crippen molar-refractivity contribution in [2.24, 2.45) is 0 Å². The lowest BCUT2D eigenvalue weighted by Crippen LogP contribution is -3.19. The average Bonchev–Trinajstić information content (AvgIpc) is 3.07. The number of carbonyl (C=O) groups is 2. The molecule has 2 aromatic carbocycles. The van der Waals surface area contributed by atoms with Crippen molar-refractivity contribution in [2.45, 2.75) is 25.8 Å². The zero-order valence-corrected chi connectivity index (χ0v) is 17.2. The Balaban J connectivity index is 1.40. The number of rotatable bonds is 6. The van der Waals surface area contributed by atoms with Crippen LogP contribution in [0.5, 0.6) is 11.5 Å². The number of anilines is 2. The molecule has 1 atom stereocenters. The molecule has 2 amide bonds. The number of ether oxygens (including phenoxy) is 1. The van der Waals surface area contributed by atoms with Gasteiger partial charge in [0.15, 0.2) is 6.04 Å². The van der Waals surface area contributed by atoms with Gasteiger partial charge in [0.2, 0.25) is 5.91 Å². The number of aromatic hydroxyl groups is 1. The number of imide groups is 1. The number of amides is 2. The highest BCUT2D eigenvalue weighted by atomic mass is 16.5. The second-order valence-corrected chi connectivity index (χ2v) is 7.80. The lowest BCUT2D eigenvalue weighted by atomic mass is 10.1. The highest BCUT2D eigenvalue weighted by Gasteiger charge is 2.46. The zero-order chi connectivity index (χ0) is 21.1. The molecule has 158 valence electrons. The van der Waals surface area contributed by atoms with Gasteiger partial charge in [0.25, 0.3) is 5.91 Å². The van der Waals surface area contributed by atoms with E-state index in [1.165, 1.54) is 4.90 Å². The van der Waals surface area contributed by atoms with E-state index in [0.717, 1.165) is 48.9 Å². The zero-order valence-electron chi connectivity index (χ0n) is 17.2. The van der Waals surface area contributed by atoms with Gasteiger partial charge >= 0.3 is 0 Å². The van der Waals surface area contributed by atoms with Crippen LogP contribution in [0.3, 0.4) is 0 Å². The smallest absolute Gasteiger partial charge is 0.292 e. The third-order valence-corrected chi connectivity index (χ3v) is 5.84. The summed E-state index contributed by atoms with van der Waals surface area (Å²) in [5, 5.41) is 10.1. The number of phenolic OH excluding ortho intramolecular Hbond substituents is 1. The number of benzene rings is 2. The molecule has 2 N–H and O–H groups in total. The first-order valence-corrected chi connectivity index (χ1v) is 10.6. The molecular formula is C23H28N3O4+. The standard InChI is InChI=1S/C23H27N3O4/c1-2-15-30-18-9-7-17(8-10-18)26-22(28)16-20(23(26)29)25-13-11-24(12-14-25)19-5-3-4-6-21(19)27/h3-10,20,27H,2,11-16H2,1H3/p+1/t20-/m0/s1. The van der Waals surface area contributed by atoms with E-state index in [9.17, 15) is 14.7 Å². The number of hydrogen-bond acceptors (Lipinski definition) is 5. The predicted molar refractivity (Wildman–Crippen MR) is 114 cm³/mol. The van der Waals surface area contributed by atoms with Crippen LogP contribution >= 0.6 is 0 Å². The van der Waals surface area contributed by atoms with Crippen molar-refractivity contribution in [3.63, 3.8) is 0 Å². The van der Waals surface area contributed by atoms with Gasteiger partial charge in [0.05, 0.1) is 50.6 Å². The SMILES string of the molecule is CCCOc1ccc(N2C(=O)C[C@H]([NH+]3CCN(c4ccccc4O)CC3)C2=O)cc1. The number of piperazine rings is 1. The summed E-state index contributed by atoms with van der Waals surface area (Å²) in [5.41, 5.74) is 1.42. The van der Waals surface area contributed by atoms with Crippen LogP contribution in [0.15, 0.2) is 48.5 Å². The topological polar surface area (TPSA) is 74.5 Å². The summed E-state index contributed by atoms with van der Waals surface area (Å²) in [4.78, 5) is 30.3. The summed E-state index contributed by atoms with van der Waals surface area (Å²) in [6, 6.07) is 14.1. The molecule has 2 aliphatic heterocycles. The summed E-state index contributed by atoms with van der Waals surface area (Å²) < 4.78 is 5.58. The normalized spacial score (nSPS) is 20.1. The Morgan fingerprint density at radius 3 is 2.43 bits per heavy atom. The van der Waals surface area contributed by atoms with E-state index in [1.54, 1.807) is 36.4 Å². The molecule has 0 saturated carbocycles. The van der Waals surface area contributed by atoms with Gasteiger partial charge in [-0.15, -0.1) is 0 Å². The molecule has 0 bridgehead atoms. The molecular weight excluding hydrogens is 382 g/mol. The fourth-order valence-electron chi connectivity index (χ4n) is 4.25. The van der Waals surface area contributed by atoms with Gasteiger partial charge in [0.1, 0.15) is 11.5 Å². The second-order valence-electron chi connectivity index (χ2n) is 7.80. The summed E-state index contributed by atoms with van der Waals surface area (Å²) in [7, 11) is 0. The molecule has 7 heteroatoms. The van der Waals surface area contributed by atoms with Crippen LogP contribution in [0.25, 0.3) is 0 Å². The molecule has 0 unspecified atom stereocenters. The predicted octanol–water partition coefficient (Wildman–Crippen LogP) is 1.22. The Kier molecular flexibility index (Phi) is 5.90. The van der Waals surface area contributed by atoms with E-state index in [2.05, 4.69) is 4.90 Å². The van der Waals surface area contributed by atoms with Crippen LogP contribution in [-0.2, 0) is 9.59 Å². The van der Waals surface area contributed by atoms with Crippen LogP contribution in [-0.4, -0.2) is 55.7 Å². The minimum atomic E-state index is -0.347. The van der Waals surface area contributed by atoms with E-state index >= 15 is 0 Å². The average molecular weight is 410 g/mol. The number of nitrogens with zero attached hydrogens (tertiary/aromatic N) is 2. The van der Waals surface area contributed by atoms with Crippen molar-refractivity contribution < 1.29 is 24.3 Å². The Morgan fingerprint density at radius 2 is 1.77 bits per heavy atom. The van der Waals surface area contributed by atoms with Crippen molar-refractivity contribution in [2.75, 3.05) is 42.6 Å². The van der Waals surface area contributed by atoms with Crippen molar-refractivity contribution in [3.8, 4) is 11.5 Å². The van der Waals surface area contributed by atoms with E-state index in [1.807, 2.05) is 19.1 Å². The Hall–Kier alpha value is -3.06. The first kappa shape index (κ1) is 20.2. The summed E-state index contributed by atoms with van der Waals surface area (Å²) in [6.07, 6.45) is 1.16. The maximum absolute atomic E-state index is 13.1. The van der Waals surface area contributed by atoms with Gasteiger partial charge in [-0.25, -0.2) is 4.90 Å². The van der Waals surface area contributed by atoms with Gasteiger partial charge in [-0.3, -0.25) is 9.59 Å². The molecule has 7 nitrogen and oxygen atoms in total. The fourth-order valence-corrected chi connectivity index (χ4v) is 4.25. The van der Waals surface area contributed by atoms with Crippen LogP contribution < -0.4 is 19.4 Å². The highest BCUT2D eigenvalue weighted by molar-refractivity contribution is 6.21. The molecule has 0 aromatic heterocycles. The Labute approximate surface area is 176 Å². The third kappa shape index (κ3) is 3.98. The minimum absolute atomic E-state index is 0.131. The van der Waals surface area contributed by atoms with E-state index in [4.69, 9.17) is 4.74 Å².